The van der Waals surface area contributed by atoms with E-state index in [9.17, 15) is 14.4 Å². The van der Waals surface area contributed by atoms with Gasteiger partial charge in [-0.3, -0.25) is 9.59 Å². The number of primary amides is 1. The van der Waals surface area contributed by atoms with Crippen LogP contribution in [-0.4, -0.2) is 107 Å². The van der Waals surface area contributed by atoms with E-state index in [0.717, 1.165) is 52.1 Å². The van der Waals surface area contributed by atoms with Crippen LogP contribution in [0.1, 0.15) is 63.2 Å². The maximum absolute atomic E-state index is 13.4. The molecule has 2 amide bonds. The summed E-state index contributed by atoms with van der Waals surface area (Å²) >= 11 is 6.37. The second kappa shape index (κ2) is 16.5. The fourth-order valence-corrected chi connectivity index (χ4v) is 5.95. The zero-order chi connectivity index (χ0) is 32.3. The molecule has 0 aromatic heterocycles. The maximum atomic E-state index is 13.4. The summed E-state index contributed by atoms with van der Waals surface area (Å²) in [5, 5.41) is 2.98. The van der Waals surface area contributed by atoms with E-state index in [1.54, 1.807) is 12.1 Å². The van der Waals surface area contributed by atoms with Gasteiger partial charge in [-0.25, -0.2) is 4.79 Å². The molecule has 0 spiro atoms. The van der Waals surface area contributed by atoms with E-state index in [2.05, 4.69) is 15.1 Å². The van der Waals surface area contributed by atoms with Crippen molar-refractivity contribution >= 4 is 29.4 Å². The van der Waals surface area contributed by atoms with Crippen LogP contribution in [0.4, 0.5) is 0 Å². The normalized spacial score (nSPS) is 21.5. The van der Waals surface area contributed by atoms with Gasteiger partial charge in [0.1, 0.15) is 11.9 Å². The first-order valence-electron chi connectivity index (χ1n) is 15.2. The molecule has 2 aromatic rings. The van der Waals surface area contributed by atoms with E-state index in [1.165, 1.54) is 33.5 Å². The first kappa shape index (κ1) is 34.1. The van der Waals surface area contributed by atoms with Crippen LogP contribution in [0.25, 0.3) is 0 Å². The van der Waals surface area contributed by atoms with Gasteiger partial charge in [0.05, 0.1) is 44.1 Å². The van der Waals surface area contributed by atoms with Crippen molar-refractivity contribution in [1.29, 1.82) is 0 Å². The third-order valence-electron chi connectivity index (χ3n) is 8.05. The lowest BCUT2D eigenvalue weighted by Crippen LogP contribution is -2.34. The molecule has 3 N–H and O–H groups in total. The number of nitrogens with zero attached hydrogens (tertiary/aromatic N) is 2. The number of halogens is 1. The zero-order valence-corrected chi connectivity index (χ0v) is 27.0. The predicted octanol–water partition coefficient (Wildman–Crippen LogP) is 3.38. The predicted molar refractivity (Wildman–Crippen MR) is 169 cm³/mol. The molecule has 246 valence electrons. The lowest BCUT2D eigenvalue weighted by atomic mass is 10.1. The van der Waals surface area contributed by atoms with Crippen molar-refractivity contribution in [3.63, 3.8) is 0 Å². The van der Waals surface area contributed by atoms with Crippen molar-refractivity contribution in [2.24, 2.45) is 5.73 Å². The topological polar surface area (TPSA) is 142 Å². The second-order valence-corrected chi connectivity index (χ2v) is 11.5. The molecule has 4 rings (SSSR count). The van der Waals surface area contributed by atoms with Gasteiger partial charge in [0.15, 0.2) is 11.5 Å². The Morgan fingerprint density at radius 3 is 2.20 bits per heavy atom. The Morgan fingerprint density at radius 1 is 0.889 bits per heavy atom. The molecule has 45 heavy (non-hydrogen) atoms. The van der Waals surface area contributed by atoms with Gasteiger partial charge in [-0.1, -0.05) is 11.6 Å². The van der Waals surface area contributed by atoms with Crippen LogP contribution >= 0.6 is 11.6 Å². The van der Waals surface area contributed by atoms with Gasteiger partial charge in [-0.15, -0.1) is 0 Å². The summed E-state index contributed by atoms with van der Waals surface area (Å²) in [6.07, 6.45) is 3.02. The molecule has 0 radical (unpaired) electrons. The lowest BCUT2D eigenvalue weighted by Gasteiger charge is -2.25. The Labute approximate surface area is 269 Å². The molecular formula is C32H43ClN4O8. The molecule has 0 aliphatic carbocycles. The van der Waals surface area contributed by atoms with Gasteiger partial charge >= 0.3 is 5.97 Å². The summed E-state index contributed by atoms with van der Waals surface area (Å²) in [5.41, 5.74) is 6.15. The average molecular weight is 647 g/mol. The number of hydrogen-bond acceptors (Lipinski definition) is 10. The molecule has 2 aromatic carbocycles. The van der Waals surface area contributed by atoms with Crippen LogP contribution in [0.15, 0.2) is 24.3 Å². The van der Waals surface area contributed by atoms with E-state index in [-0.39, 0.29) is 40.0 Å². The molecule has 1 saturated heterocycles. The number of nitrogens with two attached hydrogens (primary N) is 1. The Kier molecular flexibility index (Phi) is 12.5. The summed E-state index contributed by atoms with van der Waals surface area (Å²) in [6.45, 7) is 6.07. The van der Waals surface area contributed by atoms with Gasteiger partial charge in [0.2, 0.25) is 5.75 Å². The molecular weight excluding hydrogens is 604 g/mol. The number of benzene rings is 2. The fourth-order valence-electron chi connectivity index (χ4n) is 5.64. The van der Waals surface area contributed by atoms with Crippen LogP contribution in [0.2, 0.25) is 5.02 Å². The third kappa shape index (κ3) is 9.15. The van der Waals surface area contributed by atoms with Crippen LogP contribution in [0, 0.1) is 0 Å². The molecule has 1 fully saturated rings. The molecule has 13 heteroatoms. The Bertz CT molecular complexity index is 1330. The Morgan fingerprint density at radius 2 is 1.56 bits per heavy atom. The highest BCUT2D eigenvalue weighted by Gasteiger charge is 2.24. The Hall–Kier alpha value is -3.74. The van der Waals surface area contributed by atoms with E-state index < -0.39 is 18.0 Å². The lowest BCUT2D eigenvalue weighted by molar-refractivity contribution is 0.0221. The monoisotopic (exact) mass is 646 g/mol. The molecule has 2 unspecified atom stereocenters. The highest BCUT2D eigenvalue weighted by Crippen LogP contribution is 2.38. The molecule has 2 aliphatic heterocycles. The van der Waals surface area contributed by atoms with Crippen molar-refractivity contribution in [3.8, 4) is 23.0 Å². The second-order valence-electron chi connectivity index (χ2n) is 11.1. The number of hydrogen-bond donors (Lipinski definition) is 2. The fraction of sp³-hybridized carbons (Fsp3) is 0.531. The number of esters is 1. The van der Waals surface area contributed by atoms with Gasteiger partial charge in [-0.05, 0) is 76.0 Å². The van der Waals surface area contributed by atoms with Crippen LogP contribution in [-0.2, 0) is 4.74 Å². The van der Waals surface area contributed by atoms with Crippen molar-refractivity contribution < 1.29 is 38.1 Å². The number of carbonyl (C=O) groups excluding carboxylic acids is 3. The van der Waals surface area contributed by atoms with Crippen molar-refractivity contribution in [1.82, 2.24) is 15.1 Å². The van der Waals surface area contributed by atoms with Gasteiger partial charge in [0.25, 0.3) is 11.8 Å². The molecule has 2 heterocycles. The van der Waals surface area contributed by atoms with Gasteiger partial charge in [0, 0.05) is 31.7 Å². The number of nitrogens with one attached hydrogen (secondary N) is 1. The number of rotatable bonds is 6. The van der Waals surface area contributed by atoms with Crippen molar-refractivity contribution in [2.45, 2.75) is 38.2 Å². The molecule has 2 aliphatic rings. The first-order valence-corrected chi connectivity index (χ1v) is 15.6. The van der Waals surface area contributed by atoms with E-state index in [4.69, 9.17) is 41.0 Å². The van der Waals surface area contributed by atoms with Crippen LogP contribution in [0.3, 0.4) is 0 Å². The quantitative estimate of drug-likeness (QED) is 0.449. The minimum Gasteiger partial charge on any atom is -0.493 e. The van der Waals surface area contributed by atoms with Gasteiger partial charge < -0.3 is 44.5 Å². The summed E-state index contributed by atoms with van der Waals surface area (Å²) in [6, 6.07) is 6.05. The van der Waals surface area contributed by atoms with E-state index >= 15 is 0 Å². The summed E-state index contributed by atoms with van der Waals surface area (Å²) in [5.74, 6) is -0.354. The molecule has 3 atom stereocenters. The SMILES string of the molecule is COc1cc(C(=O)O[C@@H]2CCCOc3cc(cc(Cl)c3C(N)=O)C(=O)NCCCN3CCCN(CC2)CC3)cc(OC)c1OC. The summed E-state index contributed by atoms with van der Waals surface area (Å²) < 4.78 is 28.2. The minimum absolute atomic E-state index is 0.0120. The largest absolute Gasteiger partial charge is 0.493 e. The van der Waals surface area contributed by atoms with Gasteiger partial charge in [-0.2, -0.15) is 0 Å². The van der Waals surface area contributed by atoms with Crippen LogP contribution < -0.4 is 30.0 Å². The smallest absolute Gasteiger partial charge is 0.338 e. The molecule has 4 bridgehead atoms. The number of ether oxygens (including phenoxy) is 5. The number of fused-ring (bicyclic) bond motifs is 5. The van der Waals surface area contributed by atoms with E-state index in [0.29, 0.717) is 43.1 Å². The zero-order valence-electron chi connectivity index (χ0n) is 26.2. The summed E-state index contributed by atoms with van der Waals surface area (Å²) in [7, 11) is 4.47. The number of amides is 2. The Balaban J connectivity index is 1.55. The summed E-state index contributed by atoms with van der Waals surface area (Å²) in [4.78, 5) is 43.3. The highest BCUT2D eigenvalue weighted by molar-refractivity contribution is 6.34. The molecule has 0 saturated carbocycles. The van der Waals surface area contributed by atoms with Crippen molar-refractivity contribution in [3.05, 3.63) is 46.0 Å². The third-order valence-corrected chi connectivity index (χ3v) is 8.35. The maximum Gasteiger partial charge on any atom is 0.338 e. The first-order chi connectivity index (χ1) is 21.7. The number of carbonyl (C=O) groups is 3. The van der Waals surface area contributed by atoms with Crippen molar-refractivity contribution in [2.75, 3.05) is 73.7 Å². The van der Waals surface area contributed by atoms with E-state index in [1.807, 2.05) is 0 Å². The standard InChI is InChI=1S/C32H43ClN4O8/c1-41-26-19-22(20-27(42-2)29(26)43-3)32(40)45-23-7-4-16-44-25-18-21(17-24(33)28(25)30(34)38)31(39)35-9-5-10-36-11-6-12-37(13-8-23)15-14-36/h17-20,23H,4-16H2,1-3H3,(H2,34,38)(H,35,39)/t23-/m1/s1. The number of methoxy groups -OCH3 is 3. The molecule has 12 nitrogen and oxygen atoms in total. The minimum atomic E-state index is -0.757. The van der Waals surface area contributed by atoms with Crippen LogP contribution in [0.5, 0.6) is 23.0 Å². The highest BCUT2D eigenvalue weighted by atomic mass is 35.5. The average Bonchev–Trinajstić information content (AvgIpc) is 3.26.